The van der Waals surface area contributed by atoms with Crippen LogP contribution in [0.1, 0.15) is 22.9 Å². The Labute approximate surface area is 208 Å². The molecule has 0 saturated carbocycles. The second kappa shape index (κ2) is 8.16. The molecule has 5 aromatic rings. The Balaban J connectivity index is 1.14. The van der Waals surface area contributed by atoms with Crippen LogP contribution in [0, 0.1) is 0 Å². The molecule has 1 aliphatic heterocycles. The monoisotopic (exact) mass is 481 g/mol. The minimum Gasteiger partial charge on any atom is -0.379 e. The maximum Gasteiger partial charge on any atom is 0.0963 e. The standard InChI is InChI=1S/C28H27N5OS/c1-17-16-34-10-9-33(17)15-18-3-5-19(6-4-18)25-12-22-26(35-25)13-23-27(30-31-28(22)23)20-7-8-21-14-29-32(2)24(21)11-20/h3-8,11-12,14,17H,9-10,13,15-16H2,1-2H3,(H,30,31)/t17-/m1/s1. The molecule has 1 saturated heterocycles. The van der Waals surface area contributed by atoms with Crippen molar-refractivity contribution in [1.82, 2.24) is 24.9 Å². The Morgan fingerprint density at radius 2 is 1.97 bits per heavy atom. The molecule has 7 heteroatoms. The van der Waals surface area contributed by atoms with Gasteiger partial charge < -0.3 is 4.74 Å². The van der Waals surface area contributed by atoms with Crippen LogP contribution in [-0.2, 0) is 24.8 Å². The second-order valence-corrected chi connectivity index (χ2v) is 10.8. The molecule has 1 N–H and O–H groups in total. The molecule has 3 aromatic heterocycles. The van der Waals surface area contributed by atoms with Crippen LogP contribution in [0.3, 0.4) is 0 Å². The molecule has 35 heavy (non-hydrogen) atoms. The fourth-order valence-corrected chi connectivity index (χ4v) is 6.55. The highest BCUT2D eigenvalue weighted by Gasteiger charge is 2.28. The van der Waals surface area contributed by atoms with E-state index in [4.69, 9.17) is 9.84 Å². The van der Waals surface area contributed by atoms with Crippen molar-refractivity contribution in [3.8, 4) is 33.0 Å². The molecule has 176 valence electrons. The molecule has 0 spiro atoms. The van der Waals surface area contributed by atoms with Crippen LogP contribution in [0.15, 0.2) is 54.7 Å². The average Bonchev–Trinajstić information content (AvgIpc) is 3.63. The van der Waals surface area contributed by atoms with Gasteiger partial charge in [0.05, 0.1) is 36.3 Å². The highest BCUT2D eigenvalue weighted by atomic mass is 32.1. The normalized spacial score (nSPS) is 17.7. The Morgan fingerprint density at radius 1 is 1.11 bits per heavy atom. The van der Waals surface area contributed by atoms with E-state index in [1.807, 2.05) is 29.3 Å². The van der Waals surface area contributed by atoms with Crippen LogP contribution in [-0.4, -0.2) is 50.7 Å². The van der Waals surface area contributed by atoms with Gasteiger partial charge in [-0.05, 0) is 30.2 Å². The van der Waals surface area contributed by atoms with Gasteiger partial charge in [0, 0.05) is 64.4 Å². The molecule has 1 fully saturated rings. The van der Waals surface area contributed by atoms with E-state index < -0.39 is 0 Å². The number of benzene rings is 2. The molecule has 0 bridgehead atoms. The van der Waals surface area contributed by atoms with Crippen molar-refractivity contribution in [2.45, 2.75) is 25.9 Å². The lowest BCUT2D eigenvalue weighted by Gasteiger charge is -2.33. The van der Waals surface area contributed by atoms with E-state index in [9.17, 15) is 0 Å². The number of hydrogen-bond acceptors (Lipinski definition) is 5. The van der Waals surface area contributed by atoms with Crippen LogP contribution >= 0.6 is 11.3 Å². The van der Waals surface area contributed by atoms with Crippen molar-refractivity contribution in [3.05, 3.63) is 70.7 Å². The van der Waals surface area contributed by atoms with Crippen LogP contribution < -0.4 is 0 Å². The van der Waals surface area contributed by atoms with Crippen molar-refractivity contribution < 1.29 is 4.74 Å². The van der Waals surface area contributed by atoms with E-state index in [0.717, 1.165) is 54.9 Å². The number of aryl methyl sites for hydroxylation is 1. The summed E-state index contributed by atoms with van der Waals surface area (Å²) in [5.41, 5.74) is 9.72. The fraction of sp³-hybridized carbons (Fsp3) is 0.286. The van der Waals surface area contributed by atoms with Gasteiger partial charge in [-0.2, -0.15) is 10.2 Å². The number of rotatable bonds is 4. The van der Waals surface area contributed by atoms with E-state index >= 15 is 0 Å². The van der Waals surface area contributed by atoms with Gasteiger partial charge >= 0.3 is 0 Å². The Hall–Kier alpha value is -3.26. The number of nitrogens with one attached hydrogen (secondary N) is 1. The van der Waals surface area contributed by atoms with E-state index in [2.05, 4.69) is 70.6 Å². The maximum absolute atomic E-state index is 5.58. The molecule has 4 heterocycles. The summed E-state index contributed by atoms with van der Waals surface area (Å²) in [5, 5.41) is 13.6. The summed E-state index contributed by atoms with van der Waals surface area (Å²) in [5.74, 6) is 0. The number of thiophene rings is 1. The first-order valence-electron chi connectivity index (χ1n) is 12.2. The Bertz CT molecular complexity index is 1540. The predicted molar refractivity (Wildman–Crippen MR) is 141 cm³/mol. The highest BCUT2D eigenvalue weighted by molar-refractivity contribution is 7.16. The largest absolute Gasteiger partial charge is 0.379 e. The molecule has 0 unspecified atom stereocenters. The molecular weight excluding hydrogens is 454 g/mol. The third-order valence-corrected chi connectivity index (χ3v) is 8.62. The van der Waals surface area contributed by atoms with Gasteiger partial charge in [-0.3, -0.25) is 14.7 Å². The van der Waals surface area contributed by atoms with E-state index in [1.165, 1.54) is 37.7 Å². The topological polar surface area (TPSA) is 59.0 Å². The molecule has 1 aliphatic carbocycles. The lowest BCUT2D eigenvalue weighted by Crippen LogP contribution is -2.42. The quantitative estimate of drug-likeness (QED) is 0.362. The van der Waals surface area contributed by atoms with Crippen molar-refractivity contribution >= 4 is 22.2 Å². The third kappa shape index (κ3) is 3.54. The molecule has 6 nitrogen and oxygen atoms in total. The minimum absolute atomic E-state index is 0.475. The van der Waals surface area contributed by atoms with Gasteiger partial charge in [-0.1, -0.05) is 36.4 Å². The summed E-state index contributed by atoms with van der Waals surface area (Å²) in [7, 11) is 1.98. The van der Waals surface area contributed by atoms with Crippen LogP contribution in [0.2, 0.25) is 0 Å². The lowest BCUT2D eigenvalue weighted by atomic mass is 10.0. The zero-order valence-electron chi connectivity index (χ0n) is 19.9. The lowest BCUT2D eigenvalue weighted by molar-refractivity contribution is -0.00436. The van der Waals surface area contributed by atoms with Crippen molar-refractivity contribution in [2.24, 2.45) is 7.05 Å². The number of fused-ring (bicyclic) bond motifs is 4. The van der Waals surface area contributed by atoms with Gasteiger partial charge in [-0.25, -0.2) is 0 Å². The van der Waals surface area contributed by atoms with Gasteiger partial charge in [-0.15, -0.1) is 11.3 Å². The number of H-pyrrole nitrogens is 1. The minimum atomic E-state index is 0.475. The van der Waals surface area contributed by atoms with Crippen LogP contribution in [0.5, 0.6) is 0 Å². The summed E-state index contributed by atoms with van der Waals surface area (Å²) < 4.78 is 7.49. The summed E-state index contributed by atoms with van der Waals surface area (Å²) >= 11 is 1.90. The zero-order valence-corrected chi connectivity index (χ0v) is 20.7. The van der Waals surface area contributed by atoms with Crippen LogP contribution in [0.4, 0.5) is 0 Å². The first kappa shape index (κ1) is 21.1. The van der Waals surface area contributed by atoms with Gasteiger partial charge in [0.15, 0.2) is 0 Å². The summed E-state index contributed by atoms with van der Waals surface area (Å²) in [6.07, 6.45) is 2.83. The Morgan fingerprint density at radius 3 is 2.83 bits per heavy atom. The fourth-order valence-electron chi connectivity index (χ4n) is 5.37. The summed E-state index contributed by atoms with van der Waals surface area (Å²) in [6.45, 7) is 5.89. The first-order chi connectivity index (χ1) is 17.1. The number of ether oxygens (including phenoxy) is 1. The molecule has 7 rings (SSSR count). The van der Waals surface area contributed by atoms with Gasteiger partial charge in [0.25, 0.3) is 0 Å². The van der Waals surface area contributed by atoms with Crippen molar-refractivity contribution in [1.29, 1.82) is 0 Å². The Kier molecular flexibility index (Phi) is 4.91. The molecule has 2 aliphatic rings. The number of aromatic nitrogens is 4. The van der Waals surface area contributed by atoms with Crippen LogP contribution in [0.25, 0.3) is 43.9 Å². The number of hydrogen-bond donors (Lipinski definition) is 1. The third-order valence-electron chi connectivity index (χ3n) is 7.43. The predicted octanol–water partition coefficient (Wildman–Crippen LogP) is 5.48. The van der Waals surface area contributed by atoms with Gasteiger partial charge in [0.1, 0.15) is 0 Å². The molecule has 2 aromatic carbocycles. The van der Waals surface area contributed by atoms with Gasteiger partial charge in [0.2, 0.25) is 0 Å². The summed E-state index contributed by atoms with van der Waals surface area (Å²) in [6, 6.07) is 18.4. The molecule has 0 radical (unpaired) electrons. The van der Waals surface area contributed by atoms with E-state index in [-0.39, 0.29) is 0 Å². The number of aromatic amines is 1. The smallest absolute Gasteiger partial charge is 0.0963 e. The first-order valence-corrected chi connectivity index (χ1v) is 13.0. The SMILES string of the molecule is C[C@@H]1COCCN1Cc1ccc(-c2cc3c(s2)Cc2c(-c4ccc5cnn(C)c5c4)n[nH]c2-3)cc1. The van der Waals surface area contributed by atoms with E-state index in [1.54, 1.807) is 0 Å². The molecule has 1 atom stereocenters. The zero-order chi connectivity index (χ0) is 23.5. The van der Waals surface area contributed by atoms with Crippen molar-refractivity contribution in [2.75, 3.05) is 19.8 Å². The summed E-state index contributed by atoms with van der Waals surface area (Å²) in [4.78, 5) is 5.24. The number of morpholine rings is 1. The van der Waals surface area contributed by atoms with Crippen molar-refractivity contribution in [3.63, 3.8) is 0 Å². The highest BCUT2D eigenvalue weighted by Crippen LogP contribution is 2.46. The maximum atomic E-state index is 5.58. The molecule has 0 amide bonds. The second-order valence-electron chi connectivity index (χ2n) is 9.68. The average molecular weight is 482 g/mol. The molecular formula is C28H27N5OS. The van der Waals surface area contributed by atoms with E-state index in [0.29, 0.717) is 6.04 Å². The number of nitrogens with zero attached hydrogens (tertiary/aromatic N) is 4.